The van der Waals surface area contributed by atoms with Crippen molar-refractivity contribution in [2.24, 2.45) is 5.41 Å². The predicted molar refractivity (Wildman–Crippen MR) is 67.2 cm³/mol. The van der Waals surface area contributed by atoms with E-state index in [0.717, 1.165) is 43.3 Å². The Morgan fingerprint density at radius 1 is 1.12 bits per heavy atom. The molecule has 0 N–H and O–H groups in total. The zero-order chi connectivity index (χ0) is 11.6. The van der Waals surface area contributed by atoms with Gasteiger partial charge in [0.15, 0.2) is 5.78 Å². The van der Waals surface area contributed by atoms with Gasteiger partial charge in [-0.2, -0.15) is 0 Å². The van der Waals surface area contributed by atoms with Crippen LogP contribution in [0.25, 0.3) is 0 Å². The molecule has 0 unspecified atom stereocenters. The summed E-state index contributed by atoms with van der Waals surface area (Å²) in [6.07, 6.45) is 14.1. The molecule has 0 aromatic rings. The van der Waals surface area contributed by atoms with Crippen molar-refractivity contribution >= 4 is 5.78 Å². The zero-order valence-corrected chi connectivity index (χ0v) is 10.3. The maximum absolute atomic E-state index is 12.1. The topological polar surface area (TPSA) is 17.1 Å². The summed E-state index contributed by atoms with van der Waals surface area (Å²) in [6, 6.07) is 0. The number of rotatable bonds is 2. The van der Waals surface area contributed by atoms with E-state index in [-0.39, 0.29) is 11.2 Å². The van der Waals surface area contributed by atoms with Gasteiger partial charge < -0.3 is 0 Å². The molecule has 0 aliphatic heterocycles. The van der Waals surface area contributed by atoms with Crippen LogP contribution in [-0.2, 0) is 4.79 Å². The summed E-state index contributed by atoms with van der Waals surface area (Å²) in [6.45, 7) is 4.16. The molecular weight excluding hydrogens is 196 g/mol. The smallest absolute Gasteiger partial charge is 0.184 e. The van der Waals surface area contributed by atoms with Gasteiger partial charge in [-0.25, -0.2) is 0 Å². The van der Waals surface area contributed by atoms with E-state index in [0.29, 0.717) is 0 Å². The van der Waals surface area contributed by atoms with Gasteiger partial charge in [0, 0.05) is 5.41 Å². The van der Waals surface area contributed by atoms with Crippen molar-refractivity contribution in [1.29, 1.82) is 0 Å². The van der Waals surface area contributed by atoms with Gasteiger partial charge in [-0.15, -0.1) is 0 Å². The SMILES string of the molecule is CCC1=CC2(C=C(CC)C1=O)CC=CCC2. The van der Waals surface area contributed by atoms with E-state index >= 15 is 0 Å². The second-order valence-electron chi connectivity index (χ2n) is 4.82. The Hall–Kier alpha value is -1.11. The highest BCUT2D eigenvalue weighted by Gasteiger charge is 2.32. The van der Waals surface area contributed by atoms with Crippen LogP contribution in [0.5, 0.6) is 0 Å². The minimum absolute atomic E-state index is 0.152. The van der Waals surface area contributed by atoms with Crippen molar-refractivity contribution in [2.75, 3.05) is 0 Å². The van der Waals surface area contributed by atoms with Gasteiger partial charge in [0.25, 0.3) is 0 Å². The lowest BCUT2D eigenvalue weighted by molar-refractivity contribution is -0.112. The van der Waals surface area contributed by atoms with Crippen LogP contribution < -0.4 is 0 Å². The zero-order valence-electron chi connectivity index (χ0n) is 10.3. The van der Waals surface area contributed by atoms with E-state index in [1.807, 2.05) is 0 Å². The molecule has 1 nitrogen and oxygen atoms in total. The molecular formula is C15H20O. The van der Waals surface area contributed by atoms with Crippen LogP contribution in [-0.4, -0.2) is 5.78 Å². The number of hydrogen-bond donors (Lipinski definition) is 0. The molecule has 0 aromatic heterocycles. The molecule has 0 atom stereocenters. The summed E-state index contributed by atoms with van der Waals surface area (Å²) in [5, 5.41) is 0. The summed E-state index contributed by atoms with van der Waals surface area (Å²) in [5.74, 6) is 0.283. The molecule has 16 heavy (non-hydrogen) atoms. The van der Waals surface area contributed by atoms with E-state index in [2.05, 4.69) is 38.2 Å². The summed E-state index contributed by atoms with van der Waals surface area (Å²) in [4.78, 5) is 12.1. The third-order valence-electron chi connectivity index (χ3n) is 3.71. The number of carbonyl (C=O) groups is 1. The highest BCUT2D eigenvalue weighted by atomic mass is 16.1. The lowest BCUT2D eigenvalue weighted by Gasteiger charge is -2.33. The lowest BCUT2D eigenvalue weighted by atomic mass is 9.70. The summed E-state index contributed by atoms with van der Waals surface area (Å²) in [5.41, 5.74) is 2.20. The Morgan fingerprint density at radius 3 is 2.19 bits per heavy atom. The maximum Gasteiger partial charge on any atom is 0.184 e. The highest BCUT2D eigenvalue weighted by molar-refractivity contribution is 6.09. The Morgan fingerprint density at radius 2 is 1.75 bits per heavy atom. The molecule has 0 amide bonds. The van der Waals surface area contributed by atoms with E-state index in [1.165, 1.54) is 0 Å². The average molecular weight is 216 g/mol. The Labute approximate surface area is 97.9 Å². The largest absolute Gasteiger partial charge is 0.289 e. The first-order valence-electron chi connectivity index (χ1n) is 6.34. The molecule has 0 radical (unpaired) electrons. The van der Waals surface area contributed by atoms with Gasteiger partial charge in [0.1, 0.15) is 0 Å². The molecule has 86 valence electrons. The van der Waals surface area contributed by atoms with Crippen molar-refractivity contribution < 1.29 is 4.79 Å². The molecule has 2 aliphatic carbocycles. The number of carbonyl (C=O) groups excluding carboxylic acids is 1. The highest BCUT2D eigenvalue weighted by Crippen LogP contribution is 2.41. The summed E-state index contributed by atoms with van der Waals surface area (Å²) < 4.78 is 0. The van der Waals surface area contributed by atoms with Crippen LogP contribution in [0.1, 0.15) is 46.0 Å². The van der Waals surface area contributed by atoms with Crippen LogP contribution in [0.2, 0.25) is 0 Å². The molecule has 0 aromatic carbocycles. The first-order chi connectivity index (χ1) is 7.71. The average Bonchev–Trinajstić information content (AvgIpc) is 2.33. The lowest BCUT2D eigenvalue weighted by Crippen LogP contribution is -2.25. The Kier molecular flexibility index (Phi) is 3.13. The standard InChI is InChI=1S/C15H20O/c1-3-12-10-15(8-6-5-7-9-15)11-13(4-2)14(12)16/h5-6,10-11H,3-4,7-9H2,1-2H3. The van der Waals surface area contributed by atoms with E-state index in [1.54, 1.807) is 0 Å². The fraction of sp³-hybridized carbons (Fsp3) is 0.533. The van der Waals surface area contributed by atoms with Crippen LogP contribution in [0.4, 0.5) is 0 Å². The van der Waals surface area contributed by atoms with E-state index in [4.69, 9.17) is 0 Å². The normalized spacial score (nSPS) is 23.2. The molecule has 0 saturated carbocycles. The van der Waals surface area contributed by atoms with Gasteiger partial charge >= 0.3 is 0 Å². The van der Waals surface area contributed by atoms with Crippen LogP contribution in [0, 0.1) is 5.41 Å². The molecule has 1 heteroatoms. The summed E-state index contributed by atoms with van der Waals surface area (Å²) >= 11 is 0. The van der Waals surface area contributed by atoms with Crippen molar-refractivity contribution in [1.82, 2.24) is 0 Å². The van der Waals surface area contributed by atoms with Crippen molar-refractivity contribution in [3.63, 3.8) is 0 Å². The maximum atomic E-state index is 12.1. The minimum Gasteiger partial charge on any atom is -0.289 e. The molecule has 1 spiro atoms. The molecule has 0 heterocycles. The second kappa shape index (κ2) is 4.40. The molecule has 0 fully saturated rings. The molecule has 0 saturated heterocycles. The summed E-state index contributed by atoms with van der Waals surface area (Å²) in [7, 11) is 0. The van der Waals surface area contributed by atoms with Crippen LogP contribution in [0.3, 0.4) is 0 Å². The van der Waals surface area contributed by atoms with Gasteiger partial charge in [0.2, 0.25) is 0 Å². The van der Waals surface area contributed by atoms with Gasteiger partial charge in [-0.1, -0.05) is 38.2 Å². The predicted octanol–water partition coefficient (Wildman–Crippen LogP) is 3.97. The molecule has 2 aliphatic rings. The fourth-order valence-corrected chi connectivity index (χ4v) is 2.74. The Balaban J connectivity index is 2.38. The Bertz CT molecular complexity index is 358. The second-order valence-corrected chi connectivity index (χ2v) is 4.82. The first-order valence-corrected chi connectivity index (χ1v) is 6.34. The monoisotopic (exact) mass is 216 g/mol. The van der Waals surface area contributed by atoms with Crippen LogP contribution in [0.15, 0.2) is 35.5 Å². The van der Waals surface area contributed by atoms with E-state index in [9.17, 15) is 4.79 Å². The van der Waals surface area contributed by atoms with Crippen LogP contribution >= 0.6 is 0 Å². The van der Waals surface area contributed by atoms with E-state index < -0.39 is 0 Å². The first kappa shape index (κ1) is 11.4. The number of Topliss-reactive ketones (excluding diaryl/α,β-unsaturated/α-hetero) is 1. The van der Waals surface area contributed by atoms with Crippen molar-refractivity contribution in [3.8, 4) is 0 Å². The minimum atomic E-state index is 0.152. The van der Waals surface area contributed by atoms with Gasteiger partial charge in [-0.3, -0.25) is 4.79 Å². The third kappa shape index (κ3) is 1.91. The molecule has 0 bridgehead atoms. The third-order valence-corrected chi connectivity index (χ3v) is 3.71. The number of hydrogen-bond acceptors (Lipinski definition) is 1. The van der Waals surface area contributed by atoms with Gasteiger partial charge in [-0.05, 0) is 43.3 Å². The van der Waals surface area contributed by atoms with Crippen molar-refractivity contribution in [2.45, 2.75) is 46.0 Å². The quantitative estimate of drug-likeness (QED) is 0.638. The number of ketones is 1. The van der Waals surface area contributed by atoms with Gasteiger partial charge in [0.05, 0.1) is 0 Å². The number of allylic oxidation sites excluding steroid dienone is 6. The fourth-order valence-electron chi connectivity index (χ4n) is 2.74. The van der Waals surface area contributed by atoms with Crippen molar-refractivity contribution in [3.05, 3.63) is 35.5 Å². The molecule has 2 rings (SSSR count).